The zero-order valence-electron chi connectivity index (χ0n) is 12.1. The number of carbonyl (C=O) groups excluding carboxylic acids is 2. The third kappa shape index (κ3) is 3.08. The standard InChI is InChI=1S/C15H15F2NO4/c1-3-12(15(20)21-2)18-8-9(7-13(18)19)22-14-10(16)5-4-6-11(14)17/h4-7,12H,3,8H2,1-2H3/t12-/m0/s1. The molecule has 22 heavy (non-hydrogen) atoms. The van der Waals surface area contributed by atoms with E-state index in [-0.39, 0.29) is 12.3 Å². The van der Waals surface area contributed by atoms with E-state index in [1.165, 1.54) is 18.1 Å². The second kappa shape index (κ2) is 6.55. The van der Waals surface area contributed by atoms with Crippen LogP contribution in [0, 0.1) is 11.6 Å². The Balaban J connectivity index is 2.15. The summed E-state index contributed by atoms with van der Waals surface area (Å²) >= 11 is 0. The summed E-state index contributed by atoms with van der Waals surface area (Å²) in [6, 6.07) is 2.55. The Kier molecular flexibility index (Phi) is 4.75. The normalized spacial score (nSPS) is 15.5. The second-order valence-corrected chi connectivity index (χ2v) is 4.68. The van der Waals surface area contributed by atoms with Crippen molar-refractivity contribution in [2.24, 2.45) is 0 Å². The molecule has 1 atom stereocenters. The Morgan fingerprint density at radius 2 is 2.00 bits per heavy atom. The second-order valence-electron chi connectivity index (χ2n) is 4.68. The van der Waals surface area contributed by atoms with Crippen LogP contribution >= 0.6 is 0 Å². The van der Waals surface area contributed by atoms with E-state index in [0.717, 1.165) is 18.2 Å². The van der Waals surface area contributed by atoms with Crippen LogP contribution in [0.25, 0.3) is 0 Å². The molecule has 0 unspecified atom stereocenters. The highest BCUT2D eigenvalue weighted by atomic mass is 19.1. The molecule has 1 aromatic carbocycles. The number of carbonyl (C=O) groups is 2. The van der Waals surface area contributed by atoms with Crippen LogP contribution in [0.1, 0.15) is 13.3 Å². The number of benzene rings is 1. The van der Waals surface area contributed by atoms with Crippen molar-refractivity contribution in [3.8, 4) is 5.75 Å². The molecule has 1 amide bonds. The number of para-hydroxylation sites is 1. The number of methoxy groups -OCH3 is 1. The summed E-state index contributed by atoms with van der Waals surface area (Å²) in [5.41, 5.74) is 0. The van der Waals surface area contributed by atoms with Gasteiger partial charge in [0.2, 0.25) is 0 Å². The fourth-order valence-corrected chi connectivity index (χ4v) is 2.20. The first kappa shape index (κ1) is 15.9. The van der Waals surface area contributed by atoms with E-state index >= 15 is 0 Å². The average Bonchev–Trinajstić information content (AvgIpc) is 2.84. The molecular weight excluding hydrogens is 296 g/mol. The lowest BCUT2D eigenvalue weighted by molar-refractivity contribution is -0.150. The largest absolute Gasteiger partial charge is 0.467 e. The summed E-state index contributed by atoms with van der Waals surface area (Å²) in [6.07, 6.45) is 1.46. The Bertz CT molecular complexity index is 610. The van der Waals surface area contributed by atoms with Crippen molar-refractivity contribution in [2.45, 2.75) is 19.4 Å². The summed E-state index contributed by atoms with van der Waals surface area (Å²) < 4.78 is 36.9. The van der Waals surface area contributed by atoms with Crippen LogP contribution in [0.5, 0.6) is 5.75 Å². The summed E-state index contributed by atoms with van der Waals surface area (Å²) in [4.78, 5) is 24.8. The maximum absolute atomic E-state index is 13.5. The Labute approximate surface area is 126 Å². The molecule has 0 fully saturated rings. The summed E-state index contributed by atoms with van der Waals surface area (Å²) in [5.74, 6) is -3.27. The van der Waals surface area contributed by atoms with Crippen LogP contribution in [0.2, 0.25) is 0 Å². The van der Waals surface area contributed by atoms with E-state index in [1.54, 1.807) is 6.92 Å². The van der Waals surface area contributed by atoms with E-state index in [9.17, 15) is 18.4 Å². The molecule has 0 saturated carbocycles. The number of nitrogens with zero attached hydrogens (tertiary/aromatic N) is 1. The van der Waals surface area contributed by atoms with Gasteiger partial charge in [-0.1, -0.05) is 13.0 Å². The number of esters is 1. The monoisotopic (exact) mass is 311 g/mol. The molecule has 118 valence electrons. The van der Waals surface area contributed by atoms with Crippen LogP contribution in [0.15, 0.2) is 30.0 Å². The van der Waals surface area contributed by atoms with E-state index in [0.29, 0.717) is 6.42 Å². The topological polar surface area (TPSA) is 55.8 Å². The van der Waals surface area contributed by atoms with Crippen molar-refractivity contribution < 1.29 is 27.8 Å². The molecule has 0 radical (unpaired) electrons. The first-order valence-corrected chi connectivity index (χ1v) is 6.68. The van der Waals surface area contributed by atoms with Crippen molar-refractivity contribution >= 4 is 11.9 Å². The first-order chi connectivity index (χ1) is 10.5. The molecular formula is C15H15F2NO4. The summed E-state index contributed by atoms with van der Waals surface area (Å²) in [5, 5.41) is 0. The zero-order valence-corrected chi connectivity index (χ0v) is 12.1. The molecule has 0 saturated heterocycles. The highest BCUT2D eigenvalue weighted by Crippen LogP contribution is 2.26. The minimum Gasteiger partial charge on any atom is -0.467 e. The molecule has 0 N–H and O–H groups in total. The predicted octanol–water partition coefficient (Wildman–Crippen LogP) is 2.02. The minimum absolute atomic E-state index is 0.0553. The molecule has 1 heterocycles. The van der Waals surface area contributed by atoms with Gasteiger partial charge in [0.1, 0.15) is 11.8 Å². The summed E-state index contributed by atoms with van der Waals surface area (Å²) in [7, 11) is 1.23. The Morgan fingerprint density at radius 1 is 1.36 bits per heavy atom. The Hall–Kier alpha value is -2.44. The molecule has 2 rings (SSSR count). The van der Waals surface area contributed by atoms with Gasteiger partial charge in [0.15, 0.2) is 17.4 Å². The zero-order chi connectivity index (χ0) is 16.3. The van der Waals surface area contributed by atoms with Crippen LogP contribution in [-0.4, -0.2) is 36.5 Å². The average molecular weight is 311 g/mol. The fourth-order valence-electron chi connectivity index (χ4n) is 2.20. The van der Waals surface area contributed by atoms with Crippen LogP contribution in [-0.2, 0) is 14.3 Å². The van der Waals surface area contributed by atoms with Gasteiger partial charge in [-0.05, 0) is 18.6 Å². The molecule has 7 heteroatoms. The van der Waals surface area contributed by atoms with Crippen LogP contribution in [0.4, 0.5) is 8.78 Å². The molecule has 1 aromatic rings. The highest BCUT2D eigenvalue weighted by Gasteiger charge is 2.34. The van der Waals surface area contributed by atoms with Crippen molar-refractivity contribution in [1.82, 2.24) is 4.90 Å². The van der Waals surface area contributed by atoms with Crippen molar-refractivity contribution in [2.75, 3.05) is 13.7 Å². The van der Waals surface area contributed by atoms with Gasteiger partial charge in [-0.2, -0.15) is 0 Å². The van der Waals surface area contributed by atoms with Crippen LogP contribution in [0.3, 0.4) is 0 Å². The van der Waals surface area contributed by atoms with Crippen LogP contribution < -0.4 is 4.74 Å². The number of amides is 1. The van der Waals surface area contributed by atoms with E-state index < -0.39 is 35.3 Å². The third-order valence-corrected chi connectivity index (χ3v) is 3.28. The van der Waals surface area contributed by atoms with E-state index in [2.05, 4.69) is 4.74 Å². The SMILES string of the molecule is CC[C@@H](C(=O)OC)N1CC(Oc2c(F)cccc2F)=CC1=O. The van der Waals surface area contributed by atoms with E-state index in [1.807, 2.05) is 0 Å². The first-order valence-electron chi connectivity index (χ1n) is 6.68. The number of hydrogen-bond donors (Lipinski definition) is 0. The molecule has 1 aliphatic rings. The van der Waals surface area contributed by atoms with E-state index in [4.69, 9.17) is 4.74 Å². The third-order valence-electron chi connectivity index (χ3n) is 3.28. The highest BCUT2D eigenvalue weighted by molar-refractivity contribution is 5.94. The predicted molar refractivity (Wildman–Crippen MR) is 72.9 cm³/mol. The lowest BCUT2D eigenvalue weighted by Gasteiger charge is -2.24. The quantitative estimate of drug-likeness (QED) is 0.781. The molecule has 0 aromatic heterocycles. The van der Waals surface area contributed by atoms with Gasteiger partial charge in [-0.25, -0.2) is 13.6 Å². The lowest BCUT2D eigenvalue weighted by Crippen LogP contribution is -2.43. The maximum Gasteiger partial charge on any atom is 0.328 e. The van der Waals surface area contributed by atoms with Crippen molar-refractivity contribution in [3.05, 3.63) is 41.7 Å². The van der Waals surface area contributed by atoms with Crippen molar-refractivity contribution in [1.29, 1.82) is 0 Å². The molecule has 0 aliphatic carbocycles. The lowest BCUT2D eigenvalue weighted by atomic mass is 10.2. The fraction of sp³-hybridized carbons (Fsp3) is 0.333. The van der Waals surface area contributed by atoms with Crippen molar-refractivity contribution in [3.63, 3.8) is 0 Å². The number of rotatable bonds is 5. The number of halogens is 2. The number of ether oxygens (including phenoxy) is 2. The van der Waals surface area contributed by atoms with Gasteiger partial charge < -0.3 is 14.4 Å². The van der Waals surface area contributed by atoms with Gasteiger partial charge in [-0.3, -0.25) is 4.79 Å². The van der Waals surface area contributed by atoms with Gasteiger partial charge in [-0.15, -0.1) is 0 Å². The van der Waals surface area contributed by atoms with Gasteiger partial charge >= 0.3 is 5.97 Å². The van der Waals surface area contributed by atoms with Gasteiger partial charge in [0, 0.05) is 6.08 Å². The minimum atomic E-state index is -0.869. The Morgan fingerprint density at radius 3 is 2.55 bits per heavy atom. The summed E-state index contributed by atoms with van der Waals surface area (Å²) in [6.45, 7) is 1.67. The molecule has 0 spiro atoms. The molecule has 5 nitrogen and oxygen atoms in total. The maximum atomic E-state index is 13.5. The van der Waals surface area contributed by atoms with Gasteiger partial charge in [0.05, 0.1) is 13.7 Å². The molecule has 1 aliphatic heterocycles. The smallest absolute Gasteiger partial charge is 0.328 e. The molecule has 0 bridgehead atoms. The van der Waals surface area contributed by atoms with Gasteiger partial charge in [0.25, 0.3) is 5.91 Å². The number of hydrogen-bond acceptors (Lipinski definition) is 4.